The number of carbonyl (C=O) groups excluding carboxylic acids is 1. The fraction of sp³-hybridized carbons (Fsp3) is 0.286. The molecule has 1 atom stereocenters. The van der Waals surface area contributed by atoms with Crippen molar-refractivity contribution in [2.75, 3.05) is 7.05 Å². The number of carbonyl (C=O) groups is 2. The van der Waals surface area contributed by atoms with Gasteiger partial charge >= 0.3 is 5.97 Å². The van der Waals surface area contributed by atoms with Gasteiger partial charge in [0.05, 0.1) is 10.0 Å². The molecular formula is C14H15Cl2NO3. The van der Waals surface area contributed by atoms with Gasteiger partial charge in [0.25, 0.3) is 0 Å². The van der Waals surface area contributed by atoms with Gasteiger partial charge in [-0.3, -0.25) is 4.79 Å². The number of hydrogen-bond acceptors (Lipinski definition) is 2. The molecule has 0 aromatic heterocycles. The lowest BCUT2D eigenvalue weighted by molar-refractivity contribution is -0.147. The van der Waals surface area contributed by atoms with Crippen LogP contribution < -0.4 is 0 Å². The van der Waals surface area contributed by atoms with E-state index in [9.17, 15) is 9.59 Å². The van der Waals surface area contributed by atoms with Gasteiger partial charge in [0.1, 0.15) is 6.04 Å². The van der Waals surface area contributed by atoms with Crippen molar-refractivity contribution in [3.8, 4) is 0 Å². The molecule has 1 aromatic rings. The molecule has 4 nitrogen and oxygen atoms in total. The highest BCUT2D eigenvalue weighted by atomic mass is 35.5. The molecule has 1 N–H and O–H groups in total. The zero-order valence-corrected chi connectivity index (χ0v) is 12.6. The van der Waals surface area contributed by atoms with Crippen molar-refractivity contribution >= 4 is 41.2 Å². The number of carboxylic acid groups (broad SMARTS) is 1. The molecule has 108 valence electrons. The molecule has 0 aliphatic rings. The first kappa shape index (κ1) is 16.5. The van der Waals surface area contributed by atoms with Crippen LogP contribution in [0.15, 0.2) is 24.3 Å². The summed E-state index contributed by atoms with van der Waals surface area (Å²) in [6.07, 6.45) is 3.22. The van der Waals surface area contributed by atoms with Crippen molar-refractivity contribution in [1.82, 2.24) is 4.90 Å². The number of aliphatic carboxylic acids is 1. The van der Waals surface area contributed by atoms with E-state index >= 15 is 0 Å². The minimum atomic E-state index is -1.02. The normalized spacial score (nSPS) is 12.4. The molecule has 0 saturated carbocycles. The average molecular weight is 316 g/mol. The molecule has 1 unspecified atom stereocenters. The molecule has 0 radical (unpaired) electrons. The first-order valence-electron chi connectivity index (χ1n) is 5.99. The second-order valence-electron chi connectivity index (χ2n) is 4.22. The standard InChI is InChI=1S/C14H15Cl2NO3/c1-3-12(14(19)20)17(2)13(18)7-5-9-4-6-10(15)11(16)8-9/h4-8,12H,3H2,1-2H3,(H,19,20). The van der Waals surface area contributed by atoms with E-state index in [-0.39, 0.29) is 5.91 Å². The highest BCUT2D eigenvalue weighted by Crippen LogP contribution is 2.23. The largest absolute Gasteiger partial charge is 0.480 e. The highest BCUT2D eigenvalue weighted by molar-refractivity contribution is 6.42. The van der Waals surface area contributed by atoms with Crippen molar-refractivity contribution in [2.45, 2.75) is 19.4 Å². The summed E-state index contributed by atoms with van der Waals surface area (Å²) in [5, 5.41) is 9.82. The maximum atomic E-state index is 11.9. The number of rotatable bonds is 5. The Labute approximate surface area is 127 Å². The molecule has 0 aliphatic heterocycles. The van der Waals surface area contributed by atoms with Gasteiger partial charge in [-0.2, -0.15) is 0 Å². The Hall–Kier alpha value is -1.52. The van der Waals surface area contributed by atoms with E-state index in [1.54, 1.807) is 31.2 Å². The lowest BCUT2D eigenvalue weighted by atomic mass is 10.2. The number of amides is 1. The van der Waals surface area contributed by atoms with E-state index in [0.29, 0.717) is 22.0 Å². The zero-order chi connectivity index (χ0) is 15.3. The fourth-order valence-corrected chi connectivity index (χ4v) is 1.98. The first-order valence-corrected chi connectivity index (χ1v) is 6.75. The molecule has 0 fully saturated rings. The van der Waals surface area contributed by atoms with Crippen molar-refractivity contribution < 1.29 is 14.7 Å². The summed E-state index contributed by atoms with van der Waals surface area (Å²) in [7, 11) is 1.46. The zero-order valence-electron chi connectivity index (χ0n) is 11.1. The van der Waals surface area contributed by atoms with Crippen LogP contribution in [-0.4, -0.2) is 35.0 Å². The predicted molar refractivity (Wildman–Crippen MR) is 80.0 cm³/mol. The second kappa shape index (κ2) is 7.31. The topological polar surface area (TPSA) is 57.6 Å². The molecule has 0 heterocycles. The summed E-state index contributed by atoms with van der Waals surface area (Å²) in [6.45, 7) is 1.71. The quantitative estimate of drug-likeness (QED) is 0.848. The Bertz CT molecular complexity index is 543. The number of halogens is 2. The fourth-order valence-electron chi connectivity index (χ4n) is 1.67. The van der Waals surface area contributed by atoms with Crippen LogP contribution >= 0.6 is 23.2 Å². The minimum Gasteiger partial charge on any atom is -0.480 e. The van der Waals surface area contributed by atoms with Crippen molar-refractivity contribution in [3.05, 3.63) is 39.9 Å². The van der Waals surface area contributed by atoms with E-state index in [2.05, 4.69) is 0 Å². The molecule has 0 bridgehead atoms. The number of likely N-dealkylation sites (N-methyl/N-ethyl adjacent to an activating group) is 1. The minimum absolute atomic E-state index is 0.345. The van der Waals surface area contributed by atoms with Crippen LogP contribution in [0.2, 0.25) is 10.0 Å². The van der Waals surface area contributed by atoms with E-state index in [0.717, 1.165) is 0 Å². The van der Waals surface area contributed by atoms with Crippen LogP contribution in [0, 0.1) is 0 Å². The Kier molecular flexibility index (Phi) is 6.05. The molecular weight excluding hydrogens is 301 g/mol. The molecule has 20 heavy (non-hydrogen) atoms. The van der Waals surface area contributed by atoms with Crippen molar-refractivity contribution in [1.29, 1.82) is 0 Å². The van der Waals surface area contributed by atoms with Crippen LogP contribution in [0.25, 0.3) is 6.08 Å². The van der Waals surface area contributed by atoms with E-state index < -0.39 is 12.0 Å². The number of carboxylic acids is 1. The maximum Gasteiger partial charge on any atom is 0.326 e. The maximum absolute atomic E-state index is 11.9. The number of nitrogens with zero attached hydrogens (tertiary/aromatic N) is 1. The van der Waals surface area contributed by atoms with Gasteiger partial charge in [-0.25, -0.2) is 4.79 Å². The van der Waals surface area contributed by atoms with Crippen LogP contribution in [0.4, 0.5) is 0 Å². The molecule has 1 amide bonds. The molecule has 0 spiro atoms. The molecule has 6 heteroatoms. The number of benzene rings is 1. The van der Waals surface area contributed by atoms with Gasteiger partial charge in [-0.15, -0.1) is 0 Å². The third-order valence-electron chi connectivity index (χ3n) is 2.85. The summed E-state index contributed by atoms with van der Waals surface area (Å²) in [6, 6.07) is 4.14. The molecule has 1 aromatic carbocycles. The SMILES string of the molecule is CCC(C(=O)O)N(C)C(=O)C=Cc1ccc(Cl)c(Cl)c1. The van der Waals surface area contributed by atoms with E-state index in [1.807, 2.05) is 0 Å². The summed E-state index contributed by atoms with van der Waals surface area (Å²) < 4.78 is 0. The molecule has 0 aliphatic carbocycles. The summed E-state index contributed by atoms with van der Waals surface area (Å²) >= 11 is 11.7. The van der Waals surface area contributed by atoms with Gasteiger partial charge in [0, 0.05) is 13.1 Å². The Balaban J connectivity index is 2.81. The third-order valence-corrected chi connectivity index (χ3v) is 3.59. The van der Waals surface area contributed by atoms with Gasteiger partial charge in [0.15, 0.2) is 0 Å². The van der Waals surface area contributed by atoms with Crippen molar-refractivity contribution in [3.63, 3.8) is 0 Å². The van der Waals surface area contributed by atoms with Gasteiger partial charge < -0.3 is 10.0 Å². The molecule has 0 saturated heterocycles. The monoisotopic (exact) mass is 315 g/mol. The molecule has 1 rings (SSSR count). The van der Waals surface area contributed by atoms with Crippen LogP contribution in [-0.2, 0) is 9.59 Å². The summed E-state index contributed by atoms with van der Waals surface area (Å²) in [5.74, 6) is -1.41. The lowest BCUT2D eigenvalue weighted by Gasteiger charge is -2.22. The highest BCUT2D eigenvalue weighted by Gasteiger charge is 2.22. The smallest absolute Gasteiger partial charge is 0.326 e. The lowest BCUT2D eigenvalue weighted by Crippen LogP contribution is -2.41. The van der Waals surface area contributed by atoms with Crippen molar-refractivity contribution in [2.24, 2.45) is 0 Å². The van der Waals surface area contributed by atoms with Gasteiger partial charge in [-0.1, -0.05) is 36.2 Å². The second-order valence-corrected chi connectivity index (χ2v) is 5.03. The van der Waals surface area contributed by atoms with Crippen LogP contribution in [0.1, 0.15) is 18.9 Å². The Morgan fingerprint density at radius 1 is 1.35 bits per heavy atom. The van der Waals surface area contributed by atoms with Crippen LogP contribution in [0.5, 0.6) is 0 Å². The predicted octanol–water partition coefficient (Wildman–Crippen LogP) is 3.33. The first-order chi connectivity index (χ1) is 9.36. The van der Waals surface area contributed by atoms with Gasteiger partial charge in [-0.05, 0) is 30.2 Å². The average Bonchev–Trinajstić information content (AvgIpc) is 2.40. The summed E-state index contributed by atoms with van der Waals surface area (Å²) in [5.41, 5.74) is 0.713. The van der Waals surface area contributed by atoms with E-state index in [1.165, 1.54) is 18.0 Å². The summed E-state index contributed by atoms with van der Waals surface area (Å²) in [4.78, 5) is 24.1. The van der Waals surface area contributed by atoms with Gasteiger partial charge in [0.2, 0.25) is 5.91 Å². The Morgan fingerprint density at radius 2 is 2.00 bits per heavy atom. The third kappa shape index (κ3) is 4.25. The number of hydrogen-bond donors (Lipinski definition) is 1. The van der Waals surface area contributed by atoms with Crippen LogP contribution in [0.3, 0.4) is 0 Å². The van der Waals surface area contributed by atoms with E-state index in [4.69, 9.17) is 28.3 Å². The Morgan fingerprint density at radius 3 is 2.50 bits per heavy atom.